The number of ether oxygens (including phenoxy) is 2. The molecule has 1 aromatic carbocycles. The van der Waals surface area contributed by atoms with E-state index in [0.29, 0.717) is 13.2 Å². The highest BCUT2D eigenvalue weighted by Crippen LogP contribution is 2.32. The van der Waals surface area contributed by atoms with Crippen molar-refractivity contribution in [1.29, 1.82) is 0 Å². The molecule has 0 saturated carbocycles. The topological polar surface area (TPSA) is 64.6 Å². The minimum atomic E-state index is -3.03. The lowest BCUT2D eigenvalue weighted by Gasteiger charge is -2.22. The third kappa shape index (κ3) is 2.81. The van der Waals surface area contributed by atoms with Crippen molar-refractivity contribution in [2.45, 2.75) is 19.0 Å². The zero-order valence-electron chi connectivity index (χ0n) is 11.2. The Morgan fingerprint density at radius 3 is 2.70 bits per heavy atom. The van der Waals surface area contributed by atoms with Crippen LogP contribution in [0.3, 0.4) is 0 Å². The third-order valence-corrected chi connectivity index (χ3v) is 4.86. The lowest BCUT2D eigenvalue weighted by molar-refractivity contribution is 0.171. The molecule has 2 aliphatic heterocycles. The summed E-state index contributed by atoms with van der Waals surface area (Å²) in [5.41, 5.74) is 1.05. The summed E-state index contributed by atoms with van der Waals surface area (Å²) in [6.07, 6.45) is 1.70. The van der Waals surface area contributed by atoms with Gasteiger partial charge in [0.15, 0.2) is 21.3 Å². The monoisotopic (exact) mass is 295 g/mol. The van der Waals surface area contributed by atoms with Gasteiger partial charge < -0.3 is 14.8 Å². The minimum Gasteiger partial charge on any atom is -0.486 e. The minimum absolute atomic E-state index is 0.0359. The zero-order valence-corrected chi connectivity index (χ0v) is 12.0. The predicted molar refractivity (Wildman–Crippen MR) is 75.7 cm³/mol. The van der Waals surface area contributed by atoms with E-state index < -0.39 is 9.84 Å². The van der Waals surface area contributed by atoms with E-state index in [1.807, 2.05) is 25.1 Å². The molecule has 3 rings (SSSR count). The van der Waals surface area contributed by atoms with Gasteiger partial charge in [0, 0.05) is 17.5 Å². The molecule has 0 amide bonds. The van der Waals surface area contributed by atoms with Gasteiger partial charge in [-0.25, -0.2) is 8.42 Å². The van der Waals surface area contributed by atoms with Gasteiger partial charge in [0.2, 0.25) is 0 Å². The van der Waals surface area contributed by atoms with E-state index in [0.717, 1.165) is 17.1 Å². The first kappa shape index (κ1) is 13.5. The SMILES string of the molecule is CC(NC1C=CS(=O)(=O)C1)c1ccc2c(c1)OCCO2. The van der Waals surface area contributed by atoms with Crippen LogP contribution in [0.25, 0.3) is 0 Å². The van der Waals surface area contributed by atoms with Crippen molar-refractivity contribution in [3.63, 3.8) is 0 Å². The molecule has 1 aromatic rings. The second-order valence-corrected chi connectivity index (χ2v) is 6.99. The Hall–Kier alpha value is -1.53. The fourth-order valence-electron chi connectivity index (χ4n) is 2.43. The summed E-state index contributed by atoms with van der Waals surface area (Å²) < 4.78 is 33.8. The van der Waals surface area contributed by atoms with Crippen LogP contribution in [0.1, 0.15) is 18.5 Å². The molecular weight excluding hydrogens is 278 g/mol. The van der Waals surface area contributed by atoms with Crippen LogP contribution in [-0.2, 0) is 9.84 Å². The average Bonchev–Trinajstić information content (AvgIpc) is 2.77. The normalized spacial score (nSPS) is 24.6. The Balaban J connectivity index is 1.71. The van der Waals surface area contributed by atoms with Gasteiger partial charge in [-0.1, -0.05) is 12.1 Å². The lowest BCUT2D eigenvalue weighted by Crippen LogP contribution is -2.32. The zero-order chi connectivity index (χ0) is 14.2. The molecule has 0 aromatic heterocycles. The quantitative estimate of drug-likeness (QED) is 0.913. The summed E-state index contributed by atoms with van der Waals surface area (Å²) in [5.74, 6) is 1.63. The summed E-state index contributed by atoms with van der Waals surface area (Å²) >= 11 is 0. The van der Waals surface area contributed by atoms with E-state index in [4.69, 9.17) is 9.47 Å². The van der Waals surface area contributed by atoms with Crippen molar-refractivity contribution in [3.05, 3.63) is 35.2 Å². The number of benzene rings is 1. The van der Waals surface area contributed by atoms with E-state index in [2.05, 4.69) is 5.32 Å². The number of rotatable bonds is 3. The Kier molecular flexibility index (Phi) is 3.43. The molecule has 0 saturated heterocycles. The largest absolute Gasteiger partial charge is 0.486 e. The van der Waals surface area contributed by atoms with Crippen molar-refractivity contribution >= 4 is 9.84 Å². The molecule has 2 aliphatic rings. The lowest BCUT2D eigenvalue weighted by atomic mass is 10.1. The molecular formula is C14H17NO4S. The molecule has 2 heterocycles. The molecule has 0 aliphatic carbocycles. The molecule has 0 radical (unpaired) electrons. The molecule has 1 N–H and O–H groups in total. The first-order valence-corrected chi connectivity index (χ1v) is 8.32. The number of nitrogens with one attached hydrogen (secondary N) is 1. The van der Waals surface area contributed by atoms with Crippen LogP contribution in [0.4, 0.5) is 0 Å². The van der Waals surface area contributed by atoms with Crippen LogP contribution >= 0.6 is 0 Å². The summed E-state index contributed by atoms with van der Waals surface area (Å²) in [6, 6.07) is 5.71. The van der Waals surface area contributed by atoms with Gasteiger partial charge in [-0.2, -0.15) is 0 Å². The summed E-state index contributed by atoms with van der Waals surface area (Å²) in [4.78, 5) is 0. The second kappa shape index (κ2) is 5.10. The average molecular weight is 295 g/mol. The van der Waals surface area contributed by atoms with Crippen molar-refractivity contribution < 1.29 is 17.9 Å². The highest BCUT2D eigenvalue weighted by molar-refractivity contribution is 7.94. The van der Waals surface area contributed by atoms with E-state index in [1.54, 1.807) is 6.08 Å². The van der Waals surface area contributed by atoms with Crippen molar-refractivity contribution in [3.8, 4) is 11.5 Å². The third-order valence-electron chi connectivity index (χ3n) is 3.46. The first-order chi connectivity index (χ1) is 9.53. The van der Waals surface area contributed by atoms with Crippen LogP contribution in [0.15, 0.2) is 29.7 Å². The molecule has 0 spiro atoms. The smallest absolute Gasteiger partial charge is 0.173 e. The summed E-state index contributed by atoms with van der Waals surface area (Å²) in [5, 5.41) is 4.57. The molecule has 0 fully saturated rings. The molecule has 5 nitrogen and oxygen atoms in total. The maximum atomic E-state index is 11.4. The van der Waals surface area contributed by atoms with Crippen LogP contribution < -0.4 is 14.8 Å². The number of fused-ring (bicyclic) bond motifs is 1. The fourth-order valence-corrected chi connectivity index (χ4v) is 3.67. The van der Waals surface area contributed by atoms with Gasteiger partial charge in [0.1, 0.15) is 13.2 Å². The van der Waals surface area contributed by atoms with Crippen molar-refractivity contribution in [1.82, 2.24) is 5.32 Å². The molecule has 2 atom stereocenters. The summed E-state index contributed by atoms with van der Waals surface area (Å²) in [6.45, 7) is 3.14. The molecule has 2 unspecified atom stereocenters. The van der Waals surface area contributed by atoms with Gasteiger partial charge in [-0.05, 0) is 24.6 Å². The van der Waals surface area contributed by atoms with E-state index in [9.17, 15) is 8.42 Å². The van der Waals surface area contributed by atoms with Gasteiger partial charge >= 0.3 is 0 Å². The first-order valence-electron chi connectivity index (χ1n) is 6.60. The highest BCUT2D eigenvalue weighted by atomic mass is 32.2. The standard InChI is InChI=1S/C14H17NO4S/c1-10(15-12-4-7-20(16,17)9-12)11-2-3-13-14(8-11)19-6-5-18-13/h2-4,7-8,10,12,15H,5-6,9H2,1H3. The predicted octanol–water partition coefficient (Wildman–Crippen LogP) is 1.42. The Morgan fingerprint density at radius 2 is 2.00 bits per heavy atom. The number of hydrogen-bond donors (Lipinski definition) is 1. The van der Waals surface area contributed by atoms with Gasteiger partial charge in [0.05, 0.1) is 5.75 Å². The number of sulfone groups is 1. The molecule has 20 heavy (non-hydrogen) atoms. The second-order valence-electron chi connectivity index (χ2n) is 5.06. The van der Waals surface area contributed by atoms with Crippen LogP contribution in [-0.4, -0.2) is 33.4 Å². The van der Waals surface area contributed by atoms with Gasteiger partial charge in [0.25, 0.3) is 0 Å². The maximum Gasteiger partial charge on any atom is 0.173 e. The molecule has 6 heteroatoms. The van der Waals surface area contributed by atoms with E-state index >= 15 is 0 Å². The Morgan fingerprint density at radius 1 is 1.25 bits per heavy atom. The van der Waals surface area contributed by atoms with Crippen LogP contribution in [0.5, 0.6) is 11.5 Å². The van der Waals surface area contributed by atoms with Crippen molar-refractivity contribution in [2.75, 3.05) is 19.0 Å². The highest BCUT2D eigenvalue weighted by Gasteiger charge is 2.23. The van der Waals surface area contributed by atoms with Crippen molar-refractivity contribution in [2.24, 2.45) is 0 Å². The Bertz CT molecular complexity index is 639. The Labute approximate surface area is 118 Å². The molecule has 108 valence electrons. The van der Waals surface area contributed by atoms with E-state index in [1.165, 1.54) is 5.41 Å². The maximum absolute atomic E-state index is 11.4. The van der Waals surface area contributed by atoms with Gasteiger partial charge in [-0.15, -0.1) is 0 Å². The van der Waals surface area contributed by atoms with E-state index in [-0.39, 0.29) is 17.8 Å². The van der Waals surface area contributed by atoms with Crippen LogP contribution in [0.2, 0.25) is 0 Å². The summed E-state index contributed by atoms with van der Waals surface area (Å²) in [7, 11) is -3.03. The molecule has 0 bridgehead atoms. The number of hydrogen-bond acceptors (Lipinski definition) is 5. The fraction of sp³-hybridized carbons (Fsp3) is 0.429. The van der Waals surface area contributed by atoms with Gasteiger partial charge in [-0.3, -0.25) is 0 Å². The van der Waals surface area contributed by atoms with Crippen LogP contribution in [0, 0.1) is 0 Å².